The number of carbonyl (C=O) groups is 2. The van der Waals surface area contributed by atoms with Crippen molar-refractivity contribution in [3.8, 4) is 11.5 Å². The van der Waals surface area contributed by atoms with Crippen LogP contribution in [0, 0.1) is 0 Å². The highest BCUT2D eigenvalue weighted by Crippen LogP contribution is 2.29. The van der Waals surface area contributed by atoms with Crippen LogP contribution in [0.5, 0.6) is 11.5 Å². The highest BCUT2D eigenvalue weighted by atomic mass is 32.2. The van der Waals surface area contributed by atoms with Crippen LogP contribution in [0.3, 0.4) is 0 Å². The first-order valence-corrected chi connectivity index (χ1v) is 10.7. The van der Waals surface area contributed by atoms with Gasteiger partial charge in [-0.15, -0.1) is 0 Å². The molecule has 0 fully saturated rings. The zero-order valence-corrected chi connectivity index (χ0v) is 17.4. The maximum atomic E-state index is 12.4. The molecule has 8 nitrogen and oxygen atoms in total. The van der Waals surface area contributed by atoms with Gasteiger partial charge in [0.1, 0.15) is 11.5 Å². The van der Waals surface area contributed by atoms with E-state index in [1.54, 1.807) is 18.2 Å². The molecule has 0 spiro atoms. The molecule has 0 heterocycles. The zero-order chi connectivity index (χ0) is 21.6. The Morgan fingerprint density at radius 3 is 2.24 bits per heavy atom. The summed E-state index contributed by atoms with van der Waals surface area (Å²) in [6.45, 7) is 1.44. The van der Waals surface area contributed by atoms with Gasteiger partial charge in [0.25, 0.3) is 5.91 Å². The van der Waals surface area contributed by atoms with Gasteiger partial charge >= 0.3 is 5.97 Å². The Morgan fingerprint density at radius 2 is 1.69 bits per heavy atom. The molecule has 1 amide bonds. The summed E-state index contributed by atoms with van der Waals surface area (Å²) < 4.78 is 38.2. The van der Waals surface area contributed by atoms with Crippen molar-refractivity contribution >= 4 is 27.4 Å². The van der Waals surface area contributed by atoms with Gasteiger partial charge in [0.2, 0.25) is 0 Å². The molecule has 0 radical (unpaired) electrons. The quantitative estimate of drug-likeness (QED) is 0.652. The normalized spacial score (nSPS) is 12.0. The first kappa shape index (κ1) is 22.2. The molecule has 0 bridgehead atoms. The Balaban J connectivity index is 2.03. The van der Waals surface area contributed by atoms with Crippen LogP contribution in [0.25, 0.3) is 0 Å². The summed E-state index contributed by atoms with van der Waals surface area (Å²) in [4.78, 5) is 24.7. The van der Waals surface area contributed by atoms with E-state index in [1.807, 2.05) is 0 Å². The Kier molecular flexibility index (Phi) is 7.22. The molecule has 0 aromatic heterocycles. The van der Waals surface area contributed by atoms with Crippen LogP contribution in [0.15, 0.2) is 42.5 Å². The van der Waals surface area contributed by atoms with Gasteiger partial charge < -0.3 is 19.5 Å². The summed E-state index contributed by atoms with van der Waals surface area (Å²) in [5, 5.41) is 2.64. The highest BCUT2D eigenvalue weighted by Gasteiger charge is 2.20. The van der Waals surface area contributed by atoms with E-state index >= 15 is 0 Å². The molecule has 2 rings (SSSR count). The van der Waals surface area contributed by atoms with Crippen molar-refractivity contribution in [3.63, 3.8) is 0 Å². The average molecular weight is 421 g/mol. The Morgan fingerprint density at radius 1 is 1.03 bits per heavy atom. The van der Waals surface area contributed by atoms with Crippen molar-refractivity contribution in [1.29, 1.82) is 0 Å². The number of rotatable bonds is 8. The number of methoxy groups -OCH3 is 2. The van der Waals surface area contributed by atoms with Crippen molar-refractivity contribution < 1.29 is 32.2 Å². The number of sulfone groups is 1. The summed E-state index contributed by atoms with van der Waals surface area (Å²) in [7, 11) is -0.204. The van der Waals surface area contributed by atoms with Gasteiger partial charge in [-0.1, -0.05) is 12.1 Å². The summed E-state index contributed by atoms with van der Waals surface area (Å²) in [5.74, 6) is -0.405. The van der Waals surface area contributed by atoms with E-state index in [0.29, 0.717) is 22.7 Å². The van der Waals surface area contributed by atoms with E-state index < -0.39 is 27.8 Å². The van der Waals surface area contributed by atoms with E-state index in [-0.39, 0.29) is 11.3 Å². The lowest BCUT2D eigenvalue weighted by Crippen LogP contribution is -2.30. The molecule has 9 heteroatoms. The topological polar surface area (TPSA) is 108 Å². The van der Waals surface area contributed by atoms with E-state index in [4.69, 9.17) is 14.2 Å². The molecule has 1 atom stereocenters. The molecule has 1 N–H and O–H groups in total. The number of ether oxygens (including phenoxy) is 3. The van der Waals surface area contributed by atoms with E-state index in [2.05, 4.69) is 5.32 Å². The number of hydrogen-bond acceptors (Lipinski definition) is 7. The van der Waals surface area contributed by atoms with Gasteiger partial charge in [0.15, 0.2) is 15.9 Å². The molecule has 0 aliphatic rings. The van der Waals surface area contributed by atoms with Gasteiger partial charge in [0, 0.05) is 12.3 Å². The molecule has 0 saturated carbocycles. The largest absolute Gasteiger partial charge is 0.497 e. The van der Waals surface area contributed by atoms with Gasteiger partial charge in [0.05, 0.1) is 31.2 Å². The predicted octanol–water partition coefficient (Wildman–Crippen LogP) is 2.43. The standard InChI is InChI=1S/C20H23NO7S/c1-13(19(22)21-17-11-16(26-2)9-10-18(17)27-3)28-20(23)15-7-5-14(6-8-15)12-29(4,24)25/h5-11,13H,12H2,1-4H3,(H,21,22)/t13-/m1/s1. The molecule has 2 aromatic carbocycles. The molecular formula is C20H23NO7S. The Bertz CT molecular complexity index is 984. The van der Waals surface area contributed by atoms with Crippen molar-refractivity contribution in [3.05, 3.63) is 53.6 Å². The minimum Gasteiger partial charge on any atom is -0.497 e. The van der Waals surface area contributed by atoms with Gasteiger partial charge in [-0.25, -0.2) is 13.2 Å². The van der Waals surface area contributed by atoms with E-state index in [1.165, 1.54) is 45.4 Å². The first-order valence-electron chi connectivity index (χ1n) is 8.63. The van der Waals surface area contributed by atoms with Crippen LogP contribution >= 0.6 is 0 Å². The third-order valence-corrected chi connectivity index (χ3v) is 4.79. The highest BCUT2D eigenvalue weighted by molar-refractivity contribution is 7.89. The van der Waals surface area contributed by atoms with Crippen molar-refractivity contribution in [1.82, 2.24) is 0 Å². The minimum absolute atomic E-state index is 0.122. The number of anilines is 1. The fourth-order valence-corrected chi connectivity index (χ4v) is 3.27. The predicted molar refractivity (Wildman–Crippen MR) is 108 cm³/mol. The monoisotopic (exact) mass is 421 g/mol. The number of carbonyl (C=O) groups excluding carboxylic acids is 2. The van der Waals surface area contributed by atoms with Gasteiger partial charge in [-0.3, -0.25) is 4.79 Å². The number of nitrogens with one attached hydrogen (secondary N) is 1. The third-order valence-electron chi connectivity index (χ3n) is 3.94. The lowest BCUT2D eigenvalue weighted by molar-refractivity contribution is -0.123. The van der Waals surface area contributed by atoms with Crippen molar-refractivity contribution in [2.24, 2.45) is 0 Å². The number of benzene rings is 2. The molecule has 0 unspecified atom stereocenters. The maximum absolute atomic E-state index is 12.4. The molecule has 0 aliphatic heterocycles. The minimum atomic E-state index is -3.17. The fraction of sp³-hybridized carbons (Fsp3) is 0.300. The van der Waals surface area contributed by atoms with Crippen molar-refractivity contribution in [2.75, 3.05) is 25.8 Å². The Labute approximate surface area is 169 Å². The van der Waals surface area contributed by atoms with Crippen molar-refractivity contribution in [2.45, 2.75) is 18.8 Å². The summed E-state index contributed by atoms with van der Waals surface area (Å²) in [6.07, 6.45) is 0.0568. The third kappa shape index (κ3) is 6.49. The SMILES string of the molecule is COc1ccc(OC)c(NC(=O)[C@@H](C)OC(=O)c2ccc(CS(C)(=O)=O)cc2)c1. The lowest BCUT2D eigenvalue weighted by atomic mass is 10.1. The van der Waals surface area contributed by atoms with Crippen LogP contribution in [-0.4, -0.2) is 46.9 Å². The van der Waals surface area contributed by atoms with Crippen LogP contribution in [-0.2, 0) is 25.1 Å². The maximum Gasteiger partial charge on any atom is 0.338 e. The first-order chi connectivity index (χ1) is 13.6. The van der Waals surface area contributed by atoms with E-state index in [9.17, 15) is 18.0 Å². The molecule has 0 saturated heterocycles. The second kappa shape index (κ2) is 9.42. The fourth-order valence-electron chi connectivity index (χ4n) is 2.47. The smallest absolute Gasteiger partial charge is 0.338 e. The second-order valence-corrected chi connectivity index (χ2v) is 8.51. The van der Waals surface area contributed by atoms with Gasteiger partial charge in [-0.2, -0.15) is 0 Å². The van der Waals surface area contributed by atoms with Crippen LogP contribution in [0.4, 0.5) is 5.69 Å². The van der Waals surface area contributed by atoms with Crippen LogP contribution in [0.1, 0.15) is 22.8 Å². The molecule has 29 heavy (non-hydrogen) atoms. The summed E-state index contributed by atoms with van der Waals surface area (Å²) in [5.41, 5.74) is 1.14. The molecule has 156 valence electrons. The average Bonchev–Trinajstić information content (AvgIpc) is 2.67. The molecule has 2 aromatic rings. The van der Waals surface area contributed by atoms with E-state index in [0.717, 1.165) is 6.26 Å². The number of esters is 1. The number of hydrogen-bond donors (Lipinski definition) is 1. The summed E-state index contributed by atoms with van der Waals surface area (Å²) >= 11 is 0. The summed E-state index contributed by atoms with van der Waals surface area (Å²) in [6, 6.07) is 10.9. The van der Waals surface area contributed by atoms with Gasteiger partial charge in [-0.05, 0) is 36.8 Å². The molecule has 0 aliphatic carbocycles. The zero-order valence-electron chi connectivity index (χ0n) is 16.6. The number of amides is 1. The Hall–Kier alpha value is -3.07. The molecular weight excluding hydrogens is 398 g/mol. The lowest BCUT2D eigenvalue weighted by Gasteiger charge is -2.16. The van der Waals surface area contributed by atoms with Crippen LogP contribution < -0.4 is 14.8 Å². The second-order valence-electron chi connectivity index (χ2n) is 6.37. The van der Waals surface area contributed by atoms with Crippen LogP contribution in [0.2, 0.25) is 0 Å².